The zero-order valence-electron chi connectivity index (χ0n) is 13.4. The van der Waals surface area contributed by atoms with Gasteiger partial charge < -0.3 is 5.32 Å². The molecule has 0 bridgehead atoms. The number of nitrogens with one attached hydrogen (secondary N) is 1. The fraction of sp³-hybridized carbons (Fsp3) is 0.400. The maximum absolute atomic E-state index is 13.1. The first-order valence-corrected chi connectivity index (χ1v) is 8.98. The molecule has 0 aliphatic carbocycles. The molecular formula is C15H15Br2F3N4O. The summed E-state index contributed by atoms with van der Waals surface area (Å²) in [6, 6.07) is 2.43. The van der Waals surface area contributed by atoms with Crippen LogP contribution >= 0.6 is 31.9 Å². The minimum Gasteiger partial charge on any atom is -0.309 e. The summed E-state index contributed by atoms with van der Waals surface area (Å²) in [6.07, 6.45) is -2.14. The maximum atomic E-state index is 13.1. The van der Waals surface area contributed by atoms with Crippen LogP contribution in [0.1, 0.15) is 37.2 Å². The van der Waals surface area contributed by atoms with Crippen molar-refractivity contribution in [3.8, 4) is 0 Å². The van der Waals surface area contributed by atoms with E-state index in [9.17, 15) is 18.0 Å². The van der Waals surface area contributed by atoms with Crippen LogP contribution < -0.4 is 5.32 Å². The number of amides is 1. The summed E-state index contributed by atoms with van der Waals surface area (Å²) in [5.41, 5.74) is -0.801. The molecule has 1 unspecified atom stereocenters. The highest BCUT2D eigenvalue weighted by Gasteiger charge is 2.39. The van der Waals surface area contributed by atoms with Gasteiger partial charge in [0.15, 0.2) is 5.69 Å². The number of aromatic nitrogens is 3. The van der Waals surface area contributed by atoms with E-state index in [-0.39, 0.29) is 10.2 Å². The Bertz CT molecular complexity index is 759. The molecule has 1 N–H and O–H groups in total. The third-order valence-electron chi connectivity index (χ3n) is 3.48. The van der Waals surface area contributed by atoms with Gasteiger partial charge in [-0.25, -0.2) is 4.98 Å². The van der Waals surface area contributed by atoms with Gasteiger partial charge in [-0.3, -0.25) is 9.48 Å². The first kappa shape index (κ1) is 19.9. The van der Waals surface area contributed by atoms with E-state index < -0.39 is 23.8 Å². The van der Waals surface area contributed by atoms with Crippen LogP contribution in [-0.2, 0) is 11.0 Å². The molecule has 25 heavy (non-hydrogen) atoms. The van der Waals surface area contributed by atoms with Crippen LogP contribution in [0.25, 0.3) is 0 Å². The van der Waals surface area contributed by atoms with E-state index in [1.807, 2.05) is 6.92 Å². The van der Waals surface area contributed by atoms with Crippen LogP contribution in [0, 0.1) is 6.92 Å². The second kappa shape index (κ2) is 7.86. The SMILES string of the molecule is CCCC(C(=O)Nc1ccc(Br)cn1)n1nc(C(F)(F)F)c(Br)c1C. The first-order chi connectivity index (χ1) is 11.6. The van der Waals surface area contributed by atoms with Gasteiger partial charge in [-0.1, -0.05) is 13.3 Å². The lowest BCUT2D eigenvalue weighted by Gasteiger charge is -2.18. The number of alkyl halides is 3. The number of hydrogen-bond acceptors (Lipinski definition) is 3. The molecule has 2 heterocycles. The highest BCUT2D eigenvalue weighted by atomic mass is 79.9. The Morgan fingerprint density at radius 2 is 2.04 bits per heavy atom. The first-order valence-electron chi connectivity index (χ1n) is 7.39. The third kappa shape index (κ3) is 4.60. The van der Waals surface area contributed by atoms with Gasteiger partial charge in [0.1, 0.15) is 11.9 Å². The largest absolute Gasteiger partial charge is 0.436 e. The fourth-order valence-corrected chi connectivity index (χ4v) is 3.00. The summed E-state index contributed by atoms with van der Waals surface area (Å²) in [7, 11) is 0. The monoisotopic (exact) mass is 482 g/mol. The molecule has 2 aromatic heterocycles. The van der Waals surface area contributed by atoms with E-state index in [0.717, 1.165) is 9.15 Å². The molecule has 1 amide bonds. The standard InChI is InChI=1S/C15H15Br2F3N4O/c1-3-4-10(14(25)22-11-6-5-9(16)7-21-11)24-8(2)12(17)13(23-24)15(18,19)20/h5-7,10H,3-4H2,1-2H3,(H,21,22,25). The molecule has 0 spiro atoms. The molecule has 0 saturated carbocycles. The number of carbonyl (C=O) groups is 1. The average molecular weight is 484 g/mol. The number of nitrogens with zero attached hydrogens (tertiary/aromatic N) is 3. The Hall–Kier alpha value is -1.42. The lowest BCUT2D eigenvalue weighted by molar-refractivity contribution is -0.142. The van der Waals surface area contributed by atoms with Crippen molar-refractivity contribution in [2.45, 2.75) is 38.9 Å². The van der Waals surface area contributed by atoms with Crippen molar-refractivity contribution < 1.29 is 18.0 Å². The minimum absolute atomic E-state index is 0.157. The van der Waals surface area contributed by atoms with Gasteiger partial charge in [-0.05, 0) is 57.3 Å². The lowest BCUT2D eigenvalue weighted by atomic mass is 10.1. The van der Waals surface area contributed by atoms with Crippen LogP contribution in [0.4, 0.5) is 19.0 Å². The highest BCUT2D eigenvalue weighted by molar-refractivity contribution is 9.10. The molecule has 136 valence electrons. The molecule has 10 heteroatoms. The molecule has 0 fully saturated rings. The van der Waals surface area contributed by atoms with Gasteiger partial charge >= 0.3 is 6.18 Å². The van der Waals surface area contributed by atoms with Crippen LogP contribution in [0.15, 0.2) is 27.3 Å². The Kier molecular flexibility index (Phi) is 6.26. The zero-order chi connectivity index (χ0) is 18.8. The number of pyridine rings is 1. The van der Waals surface area contributed by atoms with Gasteiger partial charge in [0.2, 0.25) is 5.91 Å². The lowest BCUT2D eigenvalue weighted by Crippen LogP contribution is -2.28. The minimum atomic E-state index is -4.60. The van der Waals surface area contributed by atoms with Gasteiger partial charge in [-0.15, -0.1) is 0 Å². The van der Waals surface area contributed by atoms with E-state index in [1.165, 1.54) is 13.1 Å². The van der Waals surface area contributed by atoms with E-state index in [2.05, 4.69) is 47.3 Å². The molecule has 2 rings (SSSR count). The Morgan fingerprint density at radius 3 is 2.52 bits per heavy atom. The van der Waals surface area contributed by atoms with Gasteiger partial charge in [-0.2, -0.15) is 18.3 Å². The van der Waals surface area contributed by atoms with Crippen LogP contribution in [-0.4, -0.2) is 20.7 Å². The predicted molar refractivity (Wildman–Crippen MR) is 94.2 cm³/mol. The summed E-state index contributed by atoms with van der Waals surface area (Å²) >= 11 is 6.17. The number of carbonyl (C=O) groups excluding carboxylic acids is 1. The topological polar surface area (TPSA) is 59.8 Å². The number of hydrogen-bond donors (Lipinski definition) is 1. The number of halogens is 5. The molecule has 2 aromatic rings. The Morgan fingerprint density at radius 1 is 1.36 bits per heavy atom. The van der Waals surface area contributed by atoms with E-state index in [0.29, 0.717) is 18.7 Å². The van der Waals surface area contributed by atoms with Crippen molar-refractivity contribution in [2.24, 2.45) is 0 Å². The second-order valence-corrected chi connectivity index (χ2v) is 7.05. The van der Waals surface area contributed by atoms with Crippen LogP contribution in [0.2, 0.25) is 0 Å². The van der Waals surface area contributed by atoms with E-state index in [1.54, 1.807) is 12.1 Å². The molecule has 0 radical (unpaired) electrons. The van der Waals surface area contributed by atoms with Gasteiger partial charge in [0, 0.05) is 10.7 Å². The average Bonchev–Trinajstić information content (AvgIpc) is 2.83. The fourth-order valence-electron chi connectivity index (χ4n) is 2.28. The Balaban J connectivity index is 2.34. The van der Waals surface area contributed by atoms with Crippen molar-refractivity contribution in [1.29, 1.82) is 0 Å². The summed E-state index contributed by atoms with van der Waals surface area (Å²) < 4.78 is 40.9. The van der Waals surface area contributed by atoms with Gasteiger partial charge in [0.25, 0.3) is 0 Å². The second-order valence-electron chi connectivity index (χ2n) is 5.35. The summed E-state index contributed by atoms with van der Waals surface area (Å²) in [4.78, 5) is 16.6. The van der Waals surface area contributed by atoms with Gasteiger partial charge in [0.05, 0.1) is 10.2 Å². The maximum Gasteiger partial charge on any atom is 0.436 e. The van der Waals surface area contributed by atoms with E-state index in [4.69, 9.17) is 0 Å². The highest BCUT2D eigenvalue weighted by Crippen LogP contribution is 2.37. The predicted octanol–water partition coefficient (Wildman–Crippen LogP) is 5.11. The molecule has 0 aromatic carbocycles. The van der Waals surface area contributed by atoms with Crippen molar-refractivity contribution in [3.63, 3.8) is 0 Å². The van der Waals surface area contributed by atoms with Crippen molar-refractivity contribution >= 4 is 43.6 Å². The van der Waals surface area contributed by atoms with Crippen molar-refractivity contribution in [3.05, 3.63) is 38.7 Å². The molecule has 0 aliphatic rings. The number of anilines is 1. The number of rotatable bonds is 5. The smallest absolute Gasteiger partial charge is 0.309 e. The van der Waals surface area contributed by atoms with Crippen molar-refractivity contribution in [2.75, 3.05) is 5.32 Å². The van der Waals surface area contributed by atoms with Crippen molar-refractivity contribution in [1.82, 2.24) is 14.8 Å². The van der Waals surface area contributed by atoms with E-state index >= 15 is 0 Å². The normalized spacial score (nSPS) is 12.9. The molecular weight excluding hydrogens is 469 g/mol. The quantitative estimate of drug-likeness (QED) is 0.642. The summed E-state index contributed by atoms with van der Waals surface area (Å²) in [6.45, 7) is 3.33. The Labute approximate surface area is 159 Å². The molecule has 0 aliphatic heterocycles. The van der Waals surface area contributed by atoms with Crippen LogP contribution in [0.5, 0.6) is 0 Å². The molecule has 5 nitrogen and oxygen atoms in total. The molecule has 1 atom stereocenters. The molecule has 0 saturated heterocycles. The third-order valence-corrected chi connectivity index (χ3v) is 4.90. The summed E-state index contributed by atoms with van der Waals surface area (Å²) in [5.74, 6) is -0.155. The summed E-state index contributed by atoms with van der Waals surface area (Å²) in [5, 5.41) is 6.25. The van der Waals surface area contributed by atoms with Crippen LogP contribution in [0.3, 0.4) is 0 Å². The zero-order valence-corrected chi connectivity index (χ0v) is 16.5.